The van der Waals surface area contributed by atoms with Gasteiger partial charge in [-0.15, -0.1) is 10.2 Å². The Morgan fingerprint density at radius 1 is 1.00 bits per heavy atom. The molecule has 0 spiro atoms. The van der Waals surface area contributed by atoms with E-state index in [-0.39, 0.29) is 6.03 Å². The van der Waals surface area contributed by atoms with E-state index in [0.29, 0.717) is 25.5 Å². The summed E-state index contributed by atoms with van der Waals surface area (Å²) in [5, 5.41) is 8.49. The van der Waals surface area contributed by atoms with E-state index in [1.54, 1.807) is 0 Å². The van der Waals surface area contributed by atoms with Crippen molar-refractivity contribution >= 4 is 6.03 Å². The summed E-state index contributed by atoms with van der Waals surface area (Å²) in [6.45, 7) is 5.68. The summed E-state index contributed by atoms with van der Waals surface area (Å²) in [4.78, 5) is 16.5. The molecule has 2 aromatic rings. The monoisotopic (exact) mass is 349 g/mol. The van der Waals surface area contributed by atoms with Gasteiger partial charge in [0.25, 0.3) is 0 Å². The van der Waals surface area contributed by atoms with Crippen molar-refractivity contribution in [1.82, 2.24) is 24.6 Å². The predicted molar refractivity (Wildman–Crippen MR) is 98.4 cm³/mol. The molecule has 4 rings (SSSR count). The molecule has 0 radical (unpaired) electrons. The molecule has 1 aromatic heterocycles. The van der Waals surface area contributed by atoms with Gasteiger partial charge in [-0.2, -0.15) is 0 Å². The van der Waals surface area contributed by atoms with Crippen molar-refractivity contribution in [2.45, 2.75) is 39.3 Å². The number of fused-ring (bicyclic) bond motifs is 1. The van der Waals surface area contributed by atoms with Crippen molar-refractivity contribution in [2.24, 2.45) is 0 Å². The Hall–Kier alpha value is -2.81. The normalized spacial score (nSPS) is 16.7. The molecule has 6 heteroatoms. The molecule has 3 heterocycles. The molecule has 2 amide bonds. The predicted octanol–water partition coefficient (Wildman–Crippen LogP) is 2.41. The van der Waals surface area contributed by atoms with Crippen molar-refractivity contribution < 1.29 is 4.79 Å². The molecule has 26 heavy (non-hydrogen) atoms. The molecule has 0 N–H and O–H groups in total. The van der Waals surface area contributed by atoms with E-state index in [2.05, 4.69) is 41.1 Å². The number of hydrogen-bond acceptors (Lipinski definition) is 3. The molecule has 134 valence electrons. The first-order valence-corrected chi connectivity index (χ1v) is 9.25. The van der Waals surface area contributed by atoms with E-state index >= 15 is 0 Å². The van der Waals surface area contributed by atoms with Crippen molar-refractivity contribution in [3.05, 3.63) is 47.0 Å². The number of carbonyl (C=O) groups excluding carboxylic acids is 1. The molecular weight excluding hydrogens is 326 g/mol. The van der Waals surface area contributed by atoms with Crippen LogP contribution in [0, 0.1) is 18.8 Å². The highest BCUT2D eigenvalue weighted by Crippen LogP contribution is 2.17. The molecule has 1 aromatic carbocycles. The summed E-state index contributed by atoms with van der Waals surface area (Å²) in [5.41, 5.74) is 2.16. The highest BCUT2D eigenvalue weighted by molar-refractivity contribution is 5.74. The number of aryl methyl sites for hydroxylation is 1. The van der Waals surface area contributed by atoms with Gasteiger partial charge in [0.15, 0.2) is 5.82 Å². The molecule has 2 aliphatic rings. The molecular formula is C20H23N5O. The summed E-state index contributed by atoms with van der Waals surface area (Å²) in [6.07, 6.45) is 3.43. The van der Waals surface area contributed by atoms with E-state index < -0.39 is 0 Å². The van der Waals surface area contributed by atoms with Crippen molar-refractivity contribution in [2.75, 3.05) is 19.6 Å². The van der Waals surface area contributed by atoms with Gasteiger partial charge < -0.3 is 14.4 Å². The maximum absolute atomic E-state index is 12.7. The topological polar surface area (TPSA) is 54.3 Å². The Morgan fingerprint density at radius 3 is 2.65 bits per heavy atom. The average molecular weight is 349 g/mol. The van der Waals surface area contributed by atoms with Crippen LogP contribution in [0.2, 0.25) is 0 Å². The molecule has 0 unspecified atom stereocenters. The van der Waals surface area contributed by atoms with Crippen LogP contribution in [-0.2, 0) is 13.1 Å². The molecule has 0 aliphatic carbocycles. The van der Waals surface area contributed by atoms with E-state index in [1.807, 2.05) is 26.5 Å². The number of piperidine rings is 1. The second-order valence-electron chi connectivity index (χ2n) is 6.96. The number of rotatable bonds is 0. The SMILES string of the molecule is Cc1cccc(C#Cc2nnc3n2CCN(C(=O)N2CCCCC2)C3)c1. The van der Waals surface area contributed by atoms with E-state index in [1.165, 1.54) is 12.0 Å². The Morgan fingerprint density at radius 2 is 1.85 bits per heavy atom. The third-order valence-corrected chi connectivity index (χ3v) is 4.99. The van der Waals surface area contributed by atoms with Gasteiger partial charge in [-0.05, 0) is 49.8 Å². The van der Waals surface area contributed by atoms with Gasteiger partial charge in [0.05, 0.1) is 6.54 Å². The van der Waals surface area contributed by atoms with E-state index in [4.69, 9.17) is 0 Å². The summed E-state index contributed by atoms with van der Waals surface area (Å²) < 4.78 is 2.03. The number of carbonyl (C=O) groups is 1. The second-order valence-corrected chi connectivity index (χ2v) is 6.96. The Balaban J connectivity index is 1.48. The summed E-state index contributed by atoms with van der Waals surface area (Å²) in [7, 11) is 0. The van der Waals surface area contributed by atoms with Gasteiger partial charge >= 0.3 is 6.03 Å². The molecule has 0 saturated carbocycles. The standard InChI is InChI=1S/C20H23N5O/c1-16-6-5-7-17(14-16)8-9-18-21-22-19-15-24(12-13-25(18)19)20(26)23-10-3-2-4-11-23/h5-7,14H,2-4,10-13,15H2,1H3. The van der Waals surface area contributed by atoms with Crippen LogP contribution in [0.5, 0.6) is 0 Å². The molecule has 1 saturated heterocycles. The Kier molecular flexibility index (Phi) is 4.61. The van der Waals surface area contributed by atoms with Crippen LogP contribution in [0.15, 0.2) is 24.3 Å². The van der Waals surface area contributed by atoms with Gasteiger partial charge in [-0.3, -0.25) is 0 Å². The lowest BCUT2D eigenvalue weighted by molar-refractivity contribution is 0.131. The van der Waals surface area contributed by atoms with Crippen LogP contribution in [0.25, 0.3) is 0 Å². The van der Waals surface area contributed by atoms with Crippen molar-refractivity contribution in [3.8, 4) is 11.8 Å². The van der Waals surface area contributed by atoms with Crippen LogP contribution in [0.1, 0.15) is 42.0 Å². The molecule has 6 nitrogen and oxygen atoms in total. The highest BCUT2D eigenvalue weighted by Gasteiger charge is 2.27. The number of benzene rings is 1. The largest absolute Gasteiger partial charge is 0.325 e. The molecule has 2 aliphatic heterocycles. The van der Waals surface area contributed by atoms with Gasteiger partial charge in [0.2, 0.25) is 5.82 Å². The summed E-state index contributed by atoms with van der Waals surface area (Å²) in [6, 6.07) is 8.23. The zero-order chi connectivity index (χ0) is 17.9. The fraction of sp³-hybridized carbons (Fsp3) is 0.450. The van der Waals surface area contributed by atoms with Crippen LogP contribution in [-0.4, -0.2) is 50.2 Å². The van der Waals surface area contributed by atoms with Gasteiger partial charge in [-0.25, -0.2) is 4.79 Å². The number of aromatic nitrogens is 3. The van der Waals surface area contributed by atoms with Gasteiger partial charge in [0.1, 0.15) is 0 Å². The van der Waals surface area contributed by atoms with Crippen LogP contribution in [0.4, 0.5) is 4.79 Å². The lowest BCUT2D eigenvalue weighted by atomic mass is 10.1. The highest BCUT2D eigenvalue weighted by atomic mass is 16.2. The lowest BCUT2D eigenvalue weighted by Crippen LogP contribution is -2.48. The van der Waals surface area contributed by atoms with Gasteiger partial charge in [-0.1, -0.05) is 18.1 Å². The zero-order valence-corrected chi connectivity index (χ0v) is 15.1. The van der Waals surface area contributed by atoms with Gasteiger partial charge in [0, 0.05) is 31.7 Å². The van der Waals surface area contributed by atoms with Crippen molar-refractivity contribution in [1.29, 1.82) is 0 Å². The fourth-order valence-corrected chi connectivity index (χ4v) is 3.55. The first kappa shape index (κ1) is 16.6. The Labute approximate surface area is 153 Å². The number of nitrogens with zero attached hydrogens (tertiary/aromatic N) is 5. The maximum Gasteiger partial charge on any atom is 0.320 e. The third-order valence-electron chi connectivity index (χ3n) is 4.99. The second kappa shape index (κ2) is 7.20. The maximum atomic E-state index is 12.7. The Bertz CT molecular complexity index is 870. The number of urea groups is 1. The summed E-state index contributed by atoms with van der Waals surface area (Å²) in [5.74, 6) is 7.78. The fourth-order valence-electron chi connectivity index (χ4n) is 3.55. The van der Waals surface area contributed by atoms with Crippen LogP contribution < -0.4 is 0 Å². The number of amides is 2. The third kappa shape index (κ3) is 3.43. The molecule has 0 atom stereocenters. The first-order chi connectivity index (χ1) is 12.7. The van der Waals surface area contributed by atoms with Crippen molar-refractivity contribution in [3.63, 3.8) is 0 Å². The molecule has 0 bridgehead atoms. The lowest BCUT2D eigenvalue weighted by Gasteiger charge is -2.34. The minimum Gasteiger partial charge on any atom is -0.325 e. The minimum absolute atomic E-state index is 0.131. The number of hydrogen-bond donors (Lipinski definition) is 0. The minimum atomic E-state index is 0.131. The quantitative estimate of drug-likeness (QED) is 0.687. The number of likely N-dealkylation sites (tertiary alicyclic amines) is 1. The molecule has 1 fully saturated rings. The van der Waals surface area contributed by atoms with E-state index in [9.17, 15) is 4.79 Å². The summed E-state index contributed by atoms with van der Waals surface area (Å²) >= 11 is 0. The average Bonchev–Trinajstić information content (AvgIpc) is 3.09. The van der Waals surface area contributed by atoms with Crippen LogP contribution >= 0.6 is 0 Å². The van der Waals surface area contributed by atoms with Crippen LogP contribution in [0.3, 0.4) is 0 Å². The zero-order valence-electron chi connectivity index (χ0n) is 15.1. The van der Waals surface area contributed by atoms with E-state index in [0.717, 1.165) is 37.3 Å². The smallest absolute Gasteiger partial charge is 0.320 e. The first-order valence-electron chi connectivity index (χ1n) is 9.25.